The number of anilines is 2. The Morgan fingerprint density at radius 3 is 2.46 bits per heavy atom. The zero-order chi connectivity index (χ0) is 18.4. The number of halogens is 1. The number of nitrogens with zero attached hydrogens (tertiary/aromatic N) is 2. The van der Waals surface area contributed by atoms with E-state index in [9.17, 15) is 0 Å². The molecule has 7 heteroatoms. The average molecular weight is 470 g/mol. The van der Waals surface area contributed by atoms with Gasteiger partial charge in [-0.25, -0.2) is 4.99 Å². The monoisotopic (exact) mass is 470 g/mol. The number of nitrogens with one attached hydrogen (secondary N) is 1. The highest BCUT2D eigenvalue weighted by atomic mass is 127. The van der Waals surface area contributed by atoms with Gasteiger partial charge < -0.3 is 25.4 Å². The van der Waals surface area contributed by atoms with Gasteiger partial charge in [0.25, 0.3) is 0 Å². The van der Waals surface area contributed by atoms with Crippen LogP contribution in [0, 0.1) is 6.92 Å². The molecule has 0 unspecified atom stereocenters. The van der Waals surface area contributed by atoms with Crippen molar-refractivity contribution in [2.45, 2.75) is 13.5 Å². The molecule has 142 valence electrons. The number of hydrogen-bond donors (Lipinski definition) is 2. The van der Waals surface area contributed by atoms with Crippen molar-refractivity contribution < 1.29 is 9.47 Å². The lowest BCUT2D eigenvalue weighted by atomic mass is 10.1. The summed E-state index contributed by atoms with van der Waals surface area (Å²) in [5.74, 6) is 1.70. The van der Waals surface area contributed by atoms with Crippen molar-refractivity contribution in [1.82, 2.24) is 0 Å². The number of aryl methyl sites for hydroxylation is 1. The molecule has 2 aromatic rings. The van der Waals surface area contributed by atoms with Gasteiger partial charge in [0.05, 0.1) is 26.5 Å². The number of ether oxygens (including phenoxy) is 2. The van der Waals surface area contributed by atoms with E-state index in [0.717, 1.165) is 11.3 Å². The number of aliphatic imine (C=N–C) groups is 1. The number of methoxy groups -OCH3 is 2. The van der Waals surface area contributed by atoms with Crippen molar-refractivity contribution in [3.8, 4) is 11.5 Å². The molecule has 0 heterocycles. The Morgan fingerprint density at radius 1 is 1.12 bits per heavy atom. The van der Waals surface area contributed by atoms with Gasteiger partial charge in [-0.2, -0.15) is 0 Å². The van der Waals surface area contributed by atoms with Crippen LogP contribution in [0.25, 0.3) is 0 Å². The fourth-order valence-electron chi connectivity index (χ4n) is 2.48. The highest BCUT2D eigenvalue weighted by Gasteiger charge is 2.07. The van der Waals surface area contributed by atoms with E-state index in [2.05, 4.69) is 40.3 Å². The van der Waals surface area contributed by atoms with Gasteiger partial charge in [-0.05, 0) is 36.2 Å². The Labute approximate surface area is 172 Å². The van der Waals surface area contributed by atoms with Gasteiger partial charge in [-0.1, -0.05) is 12.1 Å². The second-order valence-corrected chi connectivity index (χ2v) is 5.92. The summed E-state index contributed by atoms with van der Waals surface area (Å²) in [6.07, 6.45) is 0. The fraction of sp³-hybridized carbons (Fsp3) is 0.316. The molecule has 3 N–H and O–H groups in total. The molecule has 0 saturated heterocycles. The molecule has 6 nitrogen and oxygen atoms in total. The Bertz CT molecular complexity index is 763. The quantitative estimate of drug-likeness (QED) is 0.384. The highest BCUT2D eigenvalue weighted by Crippen LogP contribution is 2.28. The third-order valence-corrected chi connectivity index (χ3v) is 3.81. The molecule has 0 atom stereocenters. The van der Waals surface area contributed by atoms with Crippen molar-refractivity contribution in [3.63, 3.8) is 0 Å². The standard InChI is InChI=1S/C19H26N4O2.HI/c1-13-6-7-14(17(10-13)23(2)3)12-21-19(20)22-16-11-15(24-4)8-9-18(16)25-5;/h6-11H,12H2,1-5H3,(H3,20,21,22);1H. The maximum Gasteiger partial charge on any atom is 0.193 e. The molecule has 2 aromatic carbocycles. The van der Waals surface area contributed by atoms with Gasteiger partial charge in [0.1, 0.15) is 11.5 Å². The molecule has 0 bridgehead atoms. The molecule has 0 aliphatic heterocycles. The Balaban J connectivity index is 0.00000338. The van der Waals surface area contributed by atoms with Gasteiger partial charge in [0.2, 0.25) is 0 Å². The summed E-state index contributed by atoms with van der Waals surface area (Å²) in [6.45, 7) is 2.56. The van der Waals surface area contributed by atoms with Crippen molar-refractivity contribution in [2.24, 2.45) is 10.7 Å². The highest BCUT2D eigenvalue weighted by molar-refractivity contribution is 14.0. The minimum Gasteiger partial charge on any atom is -0.497 e. The van der Waals surface area contributed by atoms with Crippen LogP contribution < -0.4 is 25.4 Å². The summed E-state index contributed by atoms with van der Waals surface area (Å²) in [5, 5.41) is 3.08. The lowest BCUT2D eigenvalue weighted by Gasteiger charge is -2.17. The third-order valence-electron chi connectivity index (χ3n) is 3.81. The molecule has 0 aliphatic carbocycles. The Hall–Kier alpha value is -2.16. The van der Waals surface area contributed by atoms with Crippen LogP contribution in [0.1, 0.15) is 11.1 Å². The van der Waals surface area contributed by atoms with E-state index in [-0.39, 0.29) is 24.0 Å². The summed E-state index contributed by atoms with van der Waals surface area (Å²) in [5.41, 5.74) is 10.2. The van der Waals surface area contributed by atoms with Crippen molar-refractivity contribution in [1.29, 1.82) is 0 Å². The molecule has 2 rings (SSSR count). The van der Waals surface area contributed by atoms with Crippen LogP contribution in [0.2, 0.25) is 0 Å². The lowest BCUT2D eigenvalue weighted by molar-refractivity contribution is 0.405. The van der Waals surface area contributed by atoms with E-state index in [1.165, 1.54) is 5.56 Å². The van der Waals surface area contributed by atoms with E-state index in [1.807, 2.05) is 32.3 Å². The third kappa shape index (κ3) is 5.69. The molecule has 0 radical (unpaired) electrons. The summed E-state index contributed by atoms with van der Waals surface area (Å²) in [7, 11) is 7.26. The number of guanidine groups is 1. The van der Waals surface area contributed by atoms with Crippen LogP contribution in [0.15, 0.2) is 41.4 Å². The summed E-state index contributed by atoms with van der Waals surface area (Å²) in [4.78, 5) is 6.53. The van der Waals surface area contributed by atoms with Gasteiger partial charge in [-0.3, -0.25) is 0 Å². The summed E-state index contributed by atoms with van der Waals surface area (Å²) >= 11 is 0. The van der Waals surface area contributed by atoms with Gasteiger partial charge in [-0.15, -0.1) is 24.0 Å². The van der Waals surface area contributed by atoms with Crippen LogP contribution in [0.3, 0.4) is 0 Å². The predicted molar refractivity (Wildman–Crippen MR) is 119 cm³/mol. The molecule has 0 saturated carbocycles. The van der Waals surface area contributed by atoms with Crippen molar-refractivity contribution in [3.05, 3.63) is 47.5 Å². The number of rotatable bonds is 6. The van der Waals surface area contributed by atoms with E-state index < -0.39 is 0 Å². The van der Waals surface area contributed by atoms with Crippen LogP contribution in [-0.2, 0) is 6.54 Å². The van der Waals surface area contributed by atoms with E-state index in [0.29, 0.717) is 29.7 Å². The molecular formula is C19H27IN4O2. The first-order chi connectivity index (χ1) is 11.9. The first-order valence-electron chi connectivity index (χ1n) is 8.00. The van der Waals surface area contributed by atoms with Crippen LogP contribution in [0.4, 0.5) is 11.4 Å². The van der Waals surface area contributed by atoms with Gasteiger partial charge in [0, 0.05) is 25.8 Å². The zero-order valence-corrected chi connectivity index (χ0v) is 18.2. The minimum absolute atomic E-state index is 0. The largest absolute Gasteiger partial charge is 0.497 e. The summed E-state index contributed by atoms with van der Waals surface area (Å²) in [6, 6.07) is 11.8. The topological polar surface area (TPSA) is 72.1 Å². The van der Waals surface area contributed by atoms with Gasteiger partial charge in [0.15, 0.2) is 5.96 Å². The zero-order valence-electron chi connectivity index (χ0n) is 15.9. The Kier molecular flexibility index (Phi) is 8.50. The van der Waals surface area contributed by atoms with Gasteiger partial charge >= 0.3 is 0 Å². The normalized spacial score (nSPS) is 10.7. The minimum atomic E-state index is 0. The van der Waals surface area contributed by atoms with E-state index in [1.54, 1.807) is 14.2 Å². The fourth-order valence-corrected chi connectivity index (χ4v) is 2.48. The Morgan fingerprint density at radius 2 is 1.85 bits per heavy atom. The van der Waals surface area contributed by atoms with Crippen LogP contribution in [-0.4, -0.2) is 34.3 Å². The number of nitrogens with two attached hydrogens (primary N) is 1. The van der Waals surface area contributed by atoms with E-state index in [4.69, 9.17) is 15.2 Å². The predicted octanol–water partition coefficient (Wildman–Crippen LogP) is 3.62. The average Bonchev–Trinajstić information content (AvgIpc) is 2.60. The summed E-state index contributed by atoms with van der Waals surface area (Å²) < 4.78 is 10.6. The van der Waals surface area contributed by atoms with Crippen LogP contribution in [0.5, 0.6) is 11.5 Å². The van der Waals surface area contributed by atoms with E-state index >= 15 is 0 Å². The number of benzene rings is 2. The SMILES string of the molecule is COc1ccc(OC)c(NC(N)=NCc2ccc(C)cc2N(C)C)c1.I. The molecule has 26 heavy (non-hydrogen) atoms. The second kappa shape index (κ2) is 10.1. The first-order valence-corrected chi connectivity index (χ1v) is 8.00. The van der Waals surface area contributed by atoms with Crippen molar-refractivity contribution in [2.75, 3.05) is 38.5 Å². The number of hydrogen-bond acceptors (Lipinski definition) is 4. The maximum atomic E-state index is 6.05. The van der Waals surface area contributed by atoms with Crippen molar-refractivity contribution >= 4 is 41.3 Å². The molecule has 0 amide bonds. The smallest absolute Gasteiger partial charge is 0.193 e. The second-order valence-electron chi connectivity index (χ2n) is 5.92. The van der Waals surface area contributed by atoms with Crippen LogP contribution >= 0.6 is 24.0 Å². The molecule has 0 spiro atoms. The lowest BCUT2D eigenvalue weighted by Crippen LogP contribution is -2.23. The maximum absolute atomic E-state index is 6.05. The molecule has 0 aromatic heterocycles. The molecular weight excluding hydrogens is 443 g/mol. The first kappa shape index (κ1) is 21.9. The molecule has 0 aliphatic rings. The molecule has 0 fully saturated rings.